The molecule has 0 amide bonds. The third-order valence-electron chi connectivity index (χ3n) is 7.73. The molecule has 1 aliphatic heterocycles. The Bertz CT molecular complexity index is 1690. The highest BCUT2D eigenvalue weighted by molar-refractivity contribution is 6.07. The molecule has 2 aliphatic rings. The third-order valence-corrected chi connectivity index (χ3v) is 7.73. The summed E-state index contributed by atoms with van der Waals surface area (Å²) in [5.74, 6) is -0.0305. The van der Waals surface area contributed by atoms with E-state index < -0.39 is 11.2 Å². The van der Waals surface area contributed by atoms with E-state index in [1.165, 1.54) is 24.3 Å². The van der Waals surface area contributed by atoms with Crippen LogP contribution in [0.2, 0.25) is 0 Å². The zero-order valence-electron chi connectivity index (χ0n) is 20.0. The fourth-order valence-electron chi connectivity index (χ4n) is 5.92. The number of hydrogen-bond acceptors (Lipinski definition) is 2. The molecule has 0 fully saturated rings. The van der Waals surface area contributed by atoms with Crippen LogP contribution in [0.5, 0.6) is 5.75 Å². The van der Waals surface area contributed by atoms with Gasteiger partial charge in [-0.05, 0) is 77.0 Å². The average molecular weight is 489 g/mol. The van der Waals surface area contributed by atoms with E-state index in [0.29, 0.717) is 5.75 Å². The van der Waals surface area contributed by atoms with Gasteiger partial charge < -0.3 is 9.84 Å². The highest BCUT2D eigenvalue weighted by atomic mass is 19.1. The van der Waals surface area contributed by atoms with Gasteiger partial charge in [-0.1, -0.05) is 66.7 Å². The number of rotatable bonds is 2. The quantitative estimate of drug-likeness (QED) is 0.276. The molecule has 1 unspecified atom stereocenters. The van der Waals surface area contributed by atoms with Crippen molar-refractivity contribution >= 4 is 16.8 Å². The lowest BCUT2D eigenvalue weighted by Crippen LogP contribution is -2.34. The van der Waals surface area contributed by atoms with E-state index in [1.54, 1.807) is 24.3 Å². The maximum Gasteiger partial charge on any atom is 0.178 e. The molecule has 180 valence electrons. The summed E-state index contributed by atoms with van der Waals surface area (Å²) in [5, 5.41) is 13.5. The Kier molecular flexibility index (Phi) is 4.52. The molecule has 1 atom stereocenters. The summed E-state index contributed by atoms with van der Waals surface area (Å²) in [6, 6.07) is 28.3. The first-order valence-electron chi connectivity index (χ1n) is 12.2. The molecule has 2 nitrogen and oxygen atoms in total. The molecule has 37 heavy (non-hydrogen) atoms. The number of hydrogen-bond donors (Lipinski definition) is 1. The predicted octanol–water partition coefficient (Wildman–Crippen LogP) is 7.70. The van der Waals surface area contributed by atoms with Crippen LogP contribution in [0.25, 0.3) is 28.0 Å². The molecule has 4 heteroatoms. The van der Waals surface area contributed by atoms with Crippen molar-refractivity contribution in [2.24, 2.45) is 0 Å². The van der Waals surface area contributed by atoms with Gasteiger partial charge in [0.2, 0.25) is 0 Å². The topological polar surface area (TPSA) is 29.5 Å². The van der Waals surface area contributed by atoms with Crippen LogP contribution in [-0.2, 0) is 11.2 Å². The number of fused-ring (bicyclic) bond motifs is 7. The fraction of sp³-hybridized carbons (Fsp3) is 0.0909. The second-order valence-electron chi connectivity index (χ2n) is 9.87. The van der Waals surface area contributed by atoms with Gasteiger partial charge >= 0.3 is 0 Å². The molecule has 0 bridgehead atoms. The van der Waals surface area contributed by atoms with Crippen molar-refractivity contribution in [3.05, 3.63) is 143 Å². The van der Waals surface area contributed by atoms with E-state index in [9.17, 15) is 13.9 Å². The van der Waals surface area contributed by atoms with Crippen molar-refractivity contribution in [2.75, 3.05) is 0 Å². The zero-order chi connectivity index (χ0) is 25.4. The molecule has 0 saturated heterocycles. The van der Waals surface area contributed by atoms with E-state index >= 15 is 0 Å². The summed E-state index contributed by atoms with van der Waals surface area (Å²) in [7, 11) is 0. The Hall–Kier alpha value is -4.28. The Morgan fingerprint density at radius 1 is 0.703 bits per heavy atom. The summed E-state index contributed by atoms with van der Waals surface area (Å²) in [6.07, 6.45) is 3.98. The molecular weight excluding hydrogens is 466 g/mol. The van der Waals surface area contributed by atoms with Crippen LogP contribution >= 0.6 is 0 Å². The van der Waals surface area contributed by atoms with Gasteiger partial charge in [-0.2, -0.15) is 0 Å². The lowest BCUT2D eigenvalue weighted by molar-refractivity contribution is 0.107. The van der Waals surface area contributed by atoms with Gasteiger partial charge in [-0.15, -0.1) is 0 Å². The number of aliphatic hydroxyl groups is 1. The maximum absolute atomic E-state index is 13.8. The second-order valence-corrected chi connectivity index (χ2v) is 9.87. The molecule has 5 aromatic rings. The Morgan fingerprint density at radius 3 is 2.00 bits per heavy atom. The number of ether oxygens (including phenoxy) is 1. The van der Waals surface area contributed by atoms with Crippen molar-refractivity contribution in [1.82, 2.24) is 0 Å². The van der Waals surface area contributed by atoms with E-state index in [0.717, 1.165) is 49.7 Å². The zero-order valence-corrected chi connectivity index (χ0v) is 20.0. The van der Waals surface area contributed by atoms with Crippen LogP contribution in [0.3, 0.4) is 0 Å². The van der Waals surface area contributed by atoms with Crippen molar-refractivity contribution in [1.29, 1.82) is 0 Å². The van der Waals surface area contributed by atoms with Crippen LogP contribution in [-0.4, -0.2) is 5.11 Å². The third kappa shape index (κ3) is 3.06. The summed E-state index contributed by atoms with van der Waals surface area (Å²) < 4.78 is 34.4. The predicted molar refractivity (Wildman–Crippen MR) is 141 cm³/mol. The van der Waals surface area contributed by atoms with Crippen LogP contribution in [0.1, 0.15) is 34.7 Å². The molecule has 1 N–H and O–H groups in total. The highest BCUT2D eigenvalue weighted by Gasteiger charge is 2.41. The van der Waals surface area contributed by atoms with Crippen LogP contribution in [0.4, 0.5) is 8.78 Å². The van der Waals surface area contributed by atoms with Gasteiger partial charge in [0.1, 0.15) is 23.0 Å². The fourth-order valence-corrected chi connectivity index (χ4v) is 5.92. The van der Waals surface area contributed by atoms with E-state index in [2.05, 4.69) is 0 Å². The number of benzene rings is 5. The van der Waals surface area contributed by atoms with Gasteiger partial charge in [0.15, 0.2) is 5.60 Å². The molecular formula is C33H22F2O2. The number of halogens is 2. The van der Waals surface area contributed by atoms with Crippen LogP contribution < -0.4 is 4.74 Å². The van der Waals surface area contributed by atoms with Crippen molar-refractivity contribution < 1.29 is 18.6 Å². The molecule has 1 aliphatic carbocycles. The molecule has 0 radical (unpaired) electrons. The molecule has 0 aromatic heterocycles. The van der Waals surface area contributed by atoms with Gasteiger partial charge in [0.25, 0.3) is 0 Å². The van der Waals surface area contributed by atoms with Crippen molar-refractivity contribution in [3.63, 3.8) is 0 Å². The molecule has 5 aromatic carbocycles. The summed E-state index contributed by atoms with van der Waals surface area (Å²) in [6.45, 7) is 1.83. The first-order valence-corrected chi connectivity index (χ1v) is 12.2. The molecule has 0 saturated carbocycles. The van der Waals surface area contributed by atoms with Gasteiger partial charge in [0, 0.05) is 22.1 Å². The maximum atomic E-state index is 13.8. The summed E-state index contributed by atoms with van der Waals surface area (Å²) in [4.78, 5) is 0. The van der Waals surface area contributed by atoms with Crippen LogP contribution in [0, 0.1) is 11.6 Å². The summed E-state index contributed by atoms with van der Waals surface area (Å²) >= 11 is 0. The highest BCUT2D eigenvalue weighted by Crippen LogP contribution is 2.53. The minimum atomic E-state index is -1.10. The molecule has 7 rings (SSSR count). The SMILES string of the molecule is CC1(O)c2ccccc2-c2c1ccc1ccc3c(c21)C=CC(c1ccc(F)cc1)(c1ccc(F)cc1)O3. The Morgan fingerprint density at radius 2 is 1.32 bits per heavy atom. The Balaban J connectivity index is 1.49. The molecule has 0 spiro atoms. The average Bonchev–Trinajstić information content (AvgIpc) is 3.15. The van der Waals surface area contributed by atoms with Gasteiger partial charge in [-0.25, -0.2) is 8.78 Å². The largest absolute Gasteiger partial charge is 0.473 e. The minimum Gasteiger partial charge on any atom is -0.473 e. The van der Waals surface area contributed by atoms with Crippen LogP contribution in [0.15, 0.2) is 103 Å². The smallest absolute Gasteiger partial charge is 0.178 e. The lowest BCUT2D eigenvalue weighted by atomic mass is 9.82. The second kappa shape index (κ2) is 7.61. The van der Waals surface area contributed by atoms with Gasteiger partial charge in [-0.3, -0.25) is 0 Å². The van der Waals surface area contributed by atoms with Gasteiger partial charge in [0.05, 0.1) is 0 Å². The standard InChI is InChI=1S/C33H22F2O2/c1-32(36)27-5-3-2-4-25(27)31-28(32)16-6-20-7-17-29-26(30(20)31)18-19-33(37-29,21-8-12-23(34)13-9-21)22-10-14-24(35)15-11-22/h2-19,36H,1H3. The van der Waals surface area contributed by atoms with Crippen molar-refractivity contribution in [2.45, 2.75) is 18.1 Å². The first-order chi connectivity index (χ1) is 17.9. The van der Waals surface area contributed by atoms with E-state index in [4.69, 9.17) is 4.74 Å². The Labute approximate surface area is 213 Å². The first kappa shape index (κ1) is 22.0. The molecule has 1 heterocycles. The monoisotopic (exact) mass is 488 g/mol. The summed E-state index contributed by atoms with van der Waals surface area (Å²) in [5.41, 5.74) is 3.94. The van der Waals surface area contributed by atoms with Crippen molar-refractivity contribution in [3.8, 4) is 16.9 Å². The minimum absolute atomic E-state index is 0.342. The van der Waals surface area contributed by atoms with E-state index in [-0.39, 0.29) is 11.6 Å². The lowest BCUT2D eigenvalue weighted by Gasteiger charge is -2.36. The van der Waals surface area contributed by atoms with E-state index in [1.807, 2.05) is 67.6 Å². The normalized spacial score (nSPS) is 18.7.